The van der Waals surface area contributed by atoms with Crippen LogP contribution < -0.4 is 42.5 Å². The van der Waals surface area contributed by atoms with E-state index < -0.39 is 47.3 Å². The molecule has 0 atom stereocenters. The van der Waals surface area contributed by atoms with Crippen molar-refractivity contribution in [3.8, 4) is 0 Å². The van der Waals surface area contributed by atoms with Gasteiger partial charge in [0.1, 0.15) is 0 Å². The zero-order chi connectivity index (χ0) is 34.8. The average molecular weight is 994 g/mol. The standard InChI is InChI=1S/C16H24N8O8.8ClH.4Cu/c25-9-10(26)19-3-4-21-13(29)14(30)23-7-8-24-16(32)15(31)22-6-5-20-12(28)11(27)18-2-1-17-9;;;;;;;;;;;;/h1-8H2,(H,17,25)(H,18,27)(H,19,26)(H,20,28)(H,21,29)(H,22,31)(H,23,30)(H,24,32);8*1H;;;;/q;;;;;;;;;4*+2/p-8. The van der Waals surface area contributed by atoms with Crippen molar-refractivity contribution in [2.24, 2.45) is 0 Å². The zero-order valence-electron chi connectivity index (χ0n) is 21.2. The predicted octanol–water partition coefficient (Wildman–Crippen LogP) is -1.56. The van der Waals surface area contributed by atoms with Gasteiger partial charge in [0.05, 0.1) is 0 Å². The van der Waals surface area contributed by atoms with Crippen LogP contribution in [-0.2, 0) is 90.9 Å². The molecule has 0 radical (unpaired) electrons. The Balaban J connectivity index is -0.000000572. The van der Waals surface area contributed by atoms with E-state index in [9.17, 15) is 38.4 Å². The van der Waals surface area contributed by atoms with Gasteiger partial charge < -0.3 is 42.5 Å². The third kappa shape index (κ3) is 36.6. The molecule has 0 aromatic carbocycles. The van der Waals surface area contributed by atoms with Crippen LogP contribution in [0.1, 0.15) is 0 Å². The Kier molecular flexibility index (Phi) is 45.6. The number of nitrogens with one attached hydrogen (secondary N) is 8. The molecule has 0 spiro atoms. The van der Waals surface area contributed by atoms with Crippen LogP contribution in [0, 0.1) is 0 Å². The molecule has 0 unspecified atom stereocenters. The first-order chi connectivity index (χ1) is 20.9. The summed E-state index contributed by atoms with van der Waals surface area (Å²) >= 11 is 3.03. The number of carbonyl (C=O) groups is 8. The predicted molar refractivity (Wildman–Crippen MR) is 151 cm³/mol. The second kappa shape index (κ2) is 39.3. The molecule has 0 aromatic rings. The fraction of sp³-hybridized carbons (Fsp3) is 0.500. The van der Waals surface area contributed by atoms with Gasteiger partial charge >= 0.3 is 181 Å². The molecule has 0 aromatic heterocycles. The van der Waals surface area contributed by atoms with Crippen molar-refractivity contribution in [3.05, 3.63) is 0 Å². The summed E-state index contributed by atoms with van der Waals surface area (Å²) in [7, 11) is 37.4. The number of amides is 8. The van der Waals surface area contributed by atoms with Crippen LogP contribution in [0.3, 0.4) is 0 Å². The number of rotatable bonds is 0. The van der Waals surface area contributed by atoms with Gasteiger partial charge in [-0.05, 0) is 0 Å². The van der Waals surface area contributed by atoms with Crippen LogP contribution in [0.5, 0.6) is 0 Å². The SMILES string of the molecule is O=C1NCCNC(=O)C(=O)NCCNC(=O)C(=O)NCCNC(=O)C(=O)NCCNC1=O.[Cl][Cu][Cl].[Cl][Cu][Cl].[Cl][Cu][Cl].[Cl][Cu][Cl]. The van der Waals surface area contributed by atoms with Gasteiger partial charge in [0.15, 0.2) is 0 Å². The van der Waals surface area contributed by atoms with E-state index in [1.807, 2.05) is 0 Å². The van der Waals surface area contributed by atoms with E-state index in [4.69, 9.17) is 0 Å². The molecule has 0 saturated carbocycles. The Labute approximate surface area is 310 Å². The average Bonchev–Trinajstić information content (AvgIpc) is 2.98. The van der Waals surface area contributed by atoms with Gasteiger partial charge in [-0.25, -0.2) is 0 Å². The minimum atomic E-state index is -1.000. The molecule has 16 nitrogen and oxygen atoms in total. The topological polar surface area (TPSA) is 233 Å². The van der Waals surface area contributed by atoms with Gasteiger partial charge in [-0.3, -0.25) is 38.4 Å². The molecule has 0 bridgehead atoms. The van der Waals surface area contributed by atoms with E-state index >= 15 is 0 Å². The quantitative estimate of drug-likeness (QED) is 0.104. The van der Waals surface area contributed by atoms with Crippen molar-refractivity contribution < 1.29 is 90.9 Å². The maximum absolute atomic E-state index is 11.6. The molecule has 28 heteroatoms. The Bertz CT molecular complexity index is 692. The third-order valence-electron chi connectivity index (χ3n) is 3.61. The second-order valence-corrected chi connectivity index (χ2v) is 12.4. The zero-order valence-corrected chi connectivity index (χ0v) is 31.0. The summed E-state index contributed by atoms with van der Waals surface area (Å²) in [5.74, 6) is -8.00. The summed E-state index contributed by atoms with van der Waals surface area (Å²) in [6, 6.07) is 0. The molecule has 1 saturated heterocycles. The van der Waals surface area contributed by atoms with Crippen molar-refractivity contribution in [2.45, 2.75) is 0 Å². The van der Waals surface area contributed by atoms with Gasteiger partial charge in [-0.15, -0.1) is 0 Å². The number of hydrogen-bond donors (Lipinski definition) is 8. The fourth-order valence-electron chi connectivity index (χ4n) is 2.05. The summed E-state index contributed by atoms with van der Waals surface area (Å²) in [6.07, 6.45) is 0. The van der Waals surface area contributed by atoms with Crippen LogP contribution in [0.4, 0.5) is 0 Å². The van der Waals surface area contributed by atoms with E-state index in [1.165, 1.54) is 0 Å². The molecule has 0 aliphatic carbocycles. The van der Waals surface area contributed by atoms with E-state index in [-0.39, 0.29) is 52.4 Å². The monoisotopic (exact) mass is 988 g/mol. The van der Waals surface area contributed by atoms with E-state index in [1.54, 1.807) is 0 Å². The van der Waals surface area contributed by atoms with Crippen LogP contribution in [0.25, 0.3) is 0 Å². The molecule has 276 valence electrons. The van der Waals surface area contributed by atoms with Gasteiger partial charge in [0.25, 0.3) is 0 Å². The summed E-state index contributed by atoms with van der Waals surface area (Å²) < 4.78 is 0. The van der Waals surface area contributed by atoms with Crippen molar-refractivity contribution >= 4 is 128 Å². The molecule has 1 heterocycles. The van der Waals surface area contributed by atoms with Gasteiger partial charge in [0, 0.05) is 52.4 Å². The van der Waals surface area contributed by atoms with Crippen molar-refractivity contribution in [1.82, 2.24) is 42.5 Å². The molecular formula is C16H24Cl8Cu4N8O8. The normalized spacial score (nSPS) is 16.2. The number of carbonyl (C=O) groups excluding carboxylic acids is 8. The van der Waals surface area contributed by atoms with E-state index in [2.05, 4.69) is 123 Å². The van der Waals surface area contributed by atoms with Crippen molar-refractivity contribution in [1.29, 1.82) is 0 Å². The first-order valence-corrected chi connectivity index (χ1v) is 20.7. The third-order valence-corrected chi connectivity index (χ3v) is 3.61. The first kappa shape index (κ1) is 51.0. The number of halogens is 8. The van der Waals surface area contributed by atoms with Crippen LogP contribution in [0.2, 0.25) is 0 Å². The molecule has 1 aliphatic rings. The first-order valence-electron chi connectivity index (χ1n) is 10.4. The summed E-state index contributed by atoms with van der Waals surface area (Å²) in [5, 5.41) is 17.7. The van der Waals surface area contributed by atoms with Gasteiger partial charge in [0.2, 0.25) is 0 Å². The molecular weight excluding hydrogens is 970 g/mol. The molecule has 1 rings (SSSR count). The van der Waals surface area contributed by atoms with E-state index in [0.717, 1.165) is 52.5 Å². The second-order valence-electron chi connectivity index (χ2n) is 6.22. The van der Waals surface area contributed by atoms with Gasteiger partial charge in [-0.2, -0.15) is 0 Å². The Hall–Kier alpha value is 0.158. The maximum atomic E-state index is 11.6. The van der Waals surface area contributed by atoms with Crippen molar-refractivity contribution in [2.75, 3.05) is 52.4 Å². The summed E-state index contributed by atoms with van der Waals surface area (Å²) in [6.45, 7) is -1.16. The Morgan fingerprint density at radius 1 is 0.273 bits per heavy atom. The Morgan fingerprint density at radius 3 is 0.409 bits per heavy atom. The molecule has 44 heavy (non-hydrogen) atoms. The van der Waals surface area contributed by atoms with E-state index in [0.29, 0.717) is 0 Å². The van der Waals surface area contributed by atoms with Crippen LogP contribution in [0.15, 0.2) is 0 Å². The minimum absolute atomic E-state index is 0.145. The fourth-order valence-corrected chi connectivity index (χ4v) is 2.05. The number of hydrogen-bond acceptors (Lipinski definition) is 8. The Morgan fingerprint density at radius 2 is 0.341 bits per heavy atom. The van der Waals surface area contributed by atoms with Crippen molar-refractivity contribution in [3.63, 3.8) is 0 Å². The molecule has 1 aliphatic heterocycles. The molecule has 8 amide bonds. The van der Waals surface area contributed by atoms with Gasteiger partial charge in [-0.1, -0.05) is 0 Å². The van der Waals surface area contributed by atoms with Crippen LogP contribution in [-0.4, -0.2) is 99.6 Å². The molecule has 1 fully saturated rings. The molecule has 8 N–H and O–H groups in total. The summed E-state index contributed by atoms with van der Waals surface area (Å²) in [4.78, 5) is 92.8. The summed E-state index contributed by atoms with van der Waals surface area (Å²) in [5.41, 5.74) is 0. The van der Waals surface area contributed by atoms with Crippen LogP contribution >= 0.6 is 80.8 Å².